The Balaban J connectivity index is 1.75. The molecule has 0 radical (unpaired) electrons. The Labute approximate surface area is 154 Å². The predicted octanol–water partition coefficient (Wildman–Crippen LogP) is 5.99. The predicted molar refractivity (Wildman–Crippen MR) is 115 cm³/mol. The van der Waals surface area contributed by atoms with Crippen molar-refractivity contribution in [2.45, 2.75) is 43.7 Å². The Hall–Kier alpha value is -1.22. The summed E-state index contributed by atoms with van der Waals surface area (Å²) in [5.41, 5.74) is 2.33. The molecular formula is C23H26P2. The lowest BCUT2D eigenvalue weighted by Crippen LogP contribution is -2.21. The fourth-order valence-electron chi connectivity index (χ4n) is 4.27. The van der Waals surface area contributed by atoms with Gasteiger partial charge in [0, 0.05) is 5.66 Å². The summed E-state index contributed by atoms with van der Waals surface area (Å²) in [6, 6.07) is 22.4. The smallest absolute Gasteiger partial charge is 0.0309 e. The van der Waals surface area contributed by atoms with Crippen molar-refractivity contribution in [2.24, 2.45) is 0 Å². The molecule has 2 heteroatoms. The van der Waals surface area contributed by atoms with Gasteiger partial charge in [-0.05, 0) is 48.0 Å². The first-order valence-corrected chi connectivity index (χ1v) is 12.2. The number of hydrogen-bond donors (Lipinski definition) is 0. The van der Waals surface area contributed by atoms with Crippen molar-refractivity contribution < 1.29 is 0 Å². The zero-order valence-electron chi connectivity index (χ0n) is 15.0. The molecule has 0 nitrogen and oxygen atoms in total. The maximum absolute atomic E-state index is 2.49. The van der Waals surface area contributed by atoms with E-state index in [1.165, 1.54) is 23.5 Å². The Bertz CT molecular complexity index is 714. The third-order valence-electron chi connectivity index (χ3n) is 5.46. The van der Waals surface area contributed by atoms with E-state index >= 15 is 0 Å². The summed E-state index contributed by atoms with van der Waals surface area (Å²) in [6.07, 6.45) is 10.1. The van der Waals surface area contributed by atoms with Crippen LogP contribution in [0.25, 0.3) is 0 Å². The second-order valence-electron chi connectivity index (χ2n) is 7.15. The quantitative estimate of drug-likeness (QED) is 0.584. The molecule has 1 aliphatic carbocycles. The summed E-state index contributed by atoms with van der Waals surface area (Å²) in [4.78, 5) is 0. The lowest BCUT2D eigenvalue weighted by atomic mass is 10.2. The van der Waals surface area contributed by atoms with E-state index in [2.05, 4.69) is 92.7 Å². The molecule has 0 saturated carbocycles. The summed E-state index contributed by atoms with van der Waals surface area (Å²) in [6.45, 7) is 4.97. The van der Waals surface area contributed by atoms with Crippen LogP contribution in [0.2, 0.25) is 0 Å². The van der Waals surface area contributed by atoms with E-state index in [1.54, 1.807) is 5.31 Å². The van der Waals surface area contributed by atoms with Crippen LogP contribution < -0.4 is 10.6 Å². The molecule has 1 aliphatic heterocycles. The first kappa shape index (κ1) is 17.2. The van der Waals surface area contributed by atoms with Crippen molar-refractivity contribution in [2.75, 3.05) is 0 Å². The van der Waals surface area contributed by atoms with Gasteiger partial charge in [0.2, 0.25) is 0 Å². The van der Waals surface area contributed by atoms with Crippen molar-refractivity contribution in [1.82, 2.24) is 0 Å². The molecule has 1 saturated heterocycles. The summed E-state index contributed by atoms with van der Waals surface area (Å²) in [5.74, 6) is 0. The van der Waals surface area contributed by atoms with Gasteiger partial charge in [-0.2, -0.15) is 0 Å². The Kier molecular flexibility index (Phi) is 5.21. The normalized spacial score (nSPS) is 26.4. The van der Waals surface area contributed by atoms with E-state index in [0.717, 1.165) is 11.3 Å². The van der Waals surface area contributed by atoms with Crippen molar-refractivity contribution >= 4 is 26.5 Å². The molecular weight excluding hydrogens is 338 g/mol. The SMILES string of the molecule is C[C@@H]1CC[C@@H](C)P1C1=CC=C[C@H]1P(c1ccccc1)c1ccccc1. The van der Waals surface area contributed by atoms with Crippen molar-refractivity contribution in [3.8, 4) is 0 Å². The number of rotatable bonds is 4. The monoisotopic (exact) mass is 364 g/mol. The number of hydrogen-bond acceptors (Lipinski definition) is 0. The molecule has 0 spiro atoms. The van der Waals surface area contributed by atoms with Gasteiger partial charge in [-0.25, -0.2) is 0 Å². The molecule has 2 aliphatic rings. The molecule has 1 fully saturated rings. The van der Waals surface area contributed by atoms with E-state index in [4.69, 9.17) is 0 Å². The Morgan fingerprint density at radius 1 is 0.800 bits per heavy atom. The van der Waals surface area contributed by atoms with Gasteiger partial charge in [-0.1, -0.05) is 101 Å². The van der Waals surface area contributed by atoms with E-state index in [9.17, 15) is 0 Å². The maximum atomic E-state index is 2.49. The van der Waals surface area contributed by atoms with Crippen LogP contribution in [-0.4, -0.2) is 17.0 Å². The molecule has 25 heavy (non-hydrogen) atoms. The summed E-state index contributed by atoms with van der Waals surface area (Å²) >= 11 is 0. The van der Waals surface area contributed by atoms with Crippen molar-refractivity contribution in [3.63, 3.8) is 0 Å². The fourth-order valence-corrected chi connectivity index (χ4v) is 11.0. The van der Waals surface area contributed by atoms with Gasteiger partial charge >= 0.3 is 0 Å². The lowest BCUT2D eigenvalue weighted by Gasteiger charge is -2.33. The fraction of sp³-hybridized carbons (Fsp3) is 0.304. The van der Waals surface area contributed by atoms with Crippen LogP contribution in [0, 0.1) is 0 Å². The first-order valence-electron chi connectivity index (χ1n) is 9.32. The van der Waals surface area contributed by atoms with Crippen LogP contribution in [0.1, 0.15) is 26.7 Å². The minimum atomic E-state index is -0.384. The Morgan fingerprint density at radius 2 is 1.32 bits per heavy atom. The highest BCUT2D eigenvalue weighted by atomic mass is 31.1. The van der Waals surface area contributed by atoms with Gasteiger partial charge in [-0.3, -0.25) is 0 Å². The van der Waals surface area contributed by atoms with E-state index in [1.807, 2.05) is 0 Å². The highest BCUT2D eigenvalue weighted by Gasteiger charge is 2.38. The molecule has 3 atom stereocenters. The van der Waals surface area contributed by atoms with Crippen LogP contribution in [0.5, 0.6) is 0 Å². The number of benzene rings is 2. The van der Waals surface area contributed by atoms with E-state index in [-0.39, 0.29) is 15.8 Å². The molecule has 2 aromatic carbocycles. The molecule has 0 amide bonds. The minimum absolute atomic E-state index is 0.00635. The molecule has 0 bridgehead atoms. The van der Waals surface area contributed by atoms with Gasteiger partial charge in [0.1, 0.15) is 0 Å². The summed E-state index contributed by atoms with van der Waals surface area (Å²) in [5, 5.41) is 4.76. The van der Waals surface area contributed by atoms with Gasteiger partial charge in [-0.15, -0.1) is 0 Å². The summed E-state index contributed by atoms with van der Waals surface area (Å²) < 4.78 is 0. The minimum Gasteiger partial charge on any atom is -0.0729 e. The van der Waals surface area contributed by atoms with Gasteiger partial charge in [0.05, 0.1) is 0 Å². The zero-order valence-corrected chi connectivity index (χ0v) is 16.8. The molecule has 1 heterocycles. The topological polar surface area (TPSA) is 0 Å². The van der Waals surface area contributed by atoms with Crippen molar-refractivity contribution in [1.29, 1.82) is 0 Å². The molecule has 0 aromatic heterocycles. The second kappa shape index (κ2) is 7.57. The third kappa shape index (κ3) is 3.40. The van der Waals surface area contributed by atoms with Crippen LogP contribution >= 0.6 is 15.8 Å². The van der Waals surface area contributed by atoms with Crippen LogP contribution in [0.3, 0.4) is 0 Å². The Morgan fingerprint density at radius 3 is 1.84 bits per heavy atom. The van der Waals surface area contributed by atoms with Crippen molar-refractivity contribution in [3.05, 3.63) is 84.2 Å². The molecule has 0 unspecified atom stereocenters. The maximum Gasteiger partial charge on any atom is 0.0309 e. The molecule has 128 valence electrons. The molecule has 4 rings (SSSR count). The van der Waals surface area contributed by atoms with E-state index < -0.39 is 0 Å². The largest absolute Gasteiger partial charge is 0.0729 e. The standard InChI is InChI=1S/C23H26P2/c1-18-16-17-19(2)24(18)22-14-9-15-23(22)25(20-10-5-3-6-11-20)21-12-7-4-8-13-21/h3-15,18-19,23H,16-17H2,1-2H3/t18-,19-,23-/m1/s1. The molecule has 0 N–H and O–H groups in total. The summed E-state index contributed by atoms with van der Waals surface area (Å²) in [7, 11) is -0.391. The van der Waals surface area contributed by atoms with Gasteiger partial charge < -0.3 is 0 Å². The van der Waals surface area contributed by atoms with E-state index in [0.29, 0.717) is 5.66 Å². The first-order chi connectivity index (χ1) is 12.3. The highest BCUT2D eigenvalue weighted by Crippen LogP contribution is 2.66. The molecule has 2 aromatic rings. The average molecular weight is 364 g/mol. The third-order valence-corrected chi connectivity index (χ3v) is 11.8. The lowest BCUT2D eigenvalue weighted by molar-refractivity contribution is 0.777. The zero-order chi connectivity index (χ0) is 17.2. The highest BCUT2D eigenvalue weighted by molar-refractivity contribution is 7.75. The van der Waals surface area contributed by atoms with Crippen LogP contribution in [-0.2, 0) is 0 Å². The second-order valence-corrected chi connectivity index (χ2v) is 12.6. The van der Waals surface area contributed by atoms with Crippen LogP contribution in [0.4, 0.5) is 0 Å². The average Bonchev–Trinajstić information content (AvgIpc) is 3.23. The van der Waals surface area contributed by atoms with Crippen LogP contribution in [0.15, 0.2) is 84.2 Å². The van der Waals surface area contributed by atoms with Gasteiger partial charge in [0.25, 0.3) is 0 Å². The number of allylic oxidation sites excluding steroid dienone is 4. The van der Waals surface area contributed by atoms with Gasteiger partial charge in [0.15, 0.2) is 0 Å².